The second-order valence-electron chi connectivity index (χ2n) is 6.88. The van der Waals surface area contributed by atoms with Crippen molar-refractivity contribution in [2.75, 3.05) is 12.9 Å². The molecule has 0 N–H and O–H groups in total. The van der Waals surface area contributed by atoms with Crippen LogP contribution in [0.5, 0.6) is 0 Å². The molecular formula is C20H19FN2O3S2. The average molecular weight is 419 g/mol. The van der Waals surface area contributed by atoms with Gasteiger partial charge in [0, 0.05) is 4.88 Å². The summed E-state index contributed by atoms with van der Waals surface area (Å²) in [6.45, 7) is 2.20. The highest BCUT2D eigenvalue weighted by Crippen LogP contribution is 2.37. The van der Waals surface area contributed by atoms with Gasteiger partial charge in [0.25, 0.3) is 5.56 Å². The summed E-state index contributed by atoms with van der Waals surface area (Å²) in [5.74, 6) is -0.380. The van der Waals surface area contributed by atoms with Gasteiger partial charge in [0.2, 0.25) is 0 Å². The first-order valence-corrected chi connectivity index (χ1v) is 10.8. The number of fused-ring (bicyclic) bond motifs is 3. The number of rotatable bonds is 4. The zero-order valence-corrected chi connectivity index (χ0v) is 17.2. The third kappa shape index (κ3) is 3.35. The topological polar surface area (TPSA) is 61.2 Å². The van der Waals surface area contributed by atoms with Gasteiger partial charge in [0.1, 0.15) is 10.6 Å². The van der Waals surface area contributed by atoms with Crippen LogP contribution in [-0.4, -0.2) is 28.4 Å². The zero-order chi connectivity index (χ0) is 19.8. The Hall–Kier alpha value is -2.19. The number of ether oxygens (including phenoxy) is 1. The first-order chi connectivity index (χ1) is 13.5. The highest BCUT2D eigenvalue weighted by molar-refractivity contribution is 7.99. The highest BCUT2D eigenvalue weighted by Gasteiger charge is 2.26. The molecule has 2 aromatic heterocycles. The van der Waals surface area contributed by atoms with E-state index in [4.69, 9.17) is 4.74 Å². The van der Waals surface area contributed by atoms with Crippen LogP contribution in [0.4, 0.5) is 4.39 Å². The van der Waals surface area contributed by atoms with Crippen molar-refractivity contribution >= 4 is 39.3 Å². The summed E-state index contributed by atoms with van der Waals surface area (Å²) >= 11 is 2.61. The maximum atomic E-state index is 14.5. The van der Waals surface area contributed by atoms with Crippen molar-refractivity contribution < 1.29 is 13.9 Å². The van der Waals surface area contributed by atoms with E-state index >= 15 is 0 Å². The van der Waals surface area contributed by atoms with Gasteiger partial charge in [0.05, 0.1) is 23.9 Å². The summed E-state index contributed by atoms with van der Waals surface area (Å²) in [6.07, 6.45) is 2.79. The molecule has 2 heterocycles. The summed E-state index contributed by atoms with van der Waals surface area (Å²) < 4.78 is 20.5. The summed E-state index contributed by atoms with van der Waals surface area (Å²) in [4.78, 5) is 31.6. The third-order valence-electron chi connectivity index (χ3n) is 4.94. The van der Waals surface area contributed by atoms with Gasteiger partial charge in [-0.3, -0.25) is 14.2 Å². The van der Waals surface area contributed by atoms with E-state index in [1.54, 1.807) is 18.2 Å². The van der Waals surface area contributed by atoms with E-state index in [0.29, 0.717) is 21.3 Å². The number of halogens is 1. The number of carbonyl (C=O) groups excluding carboxylic acids is 1. The predicted octanol–water partition coefficient (Wildman–Crippen LogP) is 3.98. The zero-order valence-electron chi connectivity index (χ0n) is 15.5. The monoisotopic (exact) mass is 418 g/mol. The van der Waals surface area contributed by atoms with Crippen LogP contribution in [0, 0.1) is 11.7 Å². The number of benzene rings is 1. The normalized spacial score (nSPS) is 16.2. The molecule has 8 heteroatoms. The van der Waals surface area contributed by atoms with E-state index < -0.39 is 11.8 Å². The van der Waals surface area contributed by atoms with Crippen molar-refractivity contribution in [2.45, 2.75) is 31.3 Å². The predicted molar refractivity (Wildman–Crippen MR) is 109 cm³/mol. The number of para-hydroxylation sites is 1. The number of carbonyl (C=O) groups is 1. The number of hydrogen-bond donors (Lipinski definition) is 0. The van der Waals surface area contributed by atoms with Gasteiger partial charge < -0.3 is 4.74 Å². The molecule has 0 spiro atoms. The number of nitrogens with zero attached hydrogens (tertiary/aromatic N) is 2. The summed E-state index contributed by atoms with van der Waals surface area (Å²) in [5.41, 5.74) is 0.901. The molecule has 1 atom stereocenters. The molecule has 0 bridgehead atoms. The molecule has 3 aromatic rings. The van der Waals surface area contributed by atoms with Crippen molar-refractivity contribution in [1.29, 1.82) is 0 Å². The minimum absolute atomic E-state index is 0.00891. The van der Waals surface area contributed by atoms with E-state index in [9.17, 15) is 14.0 Å². The lowest BCUT2D eigenvalue weighted by atomic mass is 9.89. The lowest BCUT2D eigenvalue weighted by Gasteiger charge is -2.18. The second kappa shape index (κ2) is 7.67. The number of esters is 1. The lowest BCUT2D eigenvalue weighted by Crippen LogP contribution is -2.24. The van der Waals surface area contributed by atoms with Crippen LogP contribution >= 0.6 is 23.1 Å². The Morgan fingerprint density at radius 3 is 2.96 bits per heavy atom. The van der Waals surface area contributed by atoms with Crippen LogP contribution < -0.4 is 5.56 Å². The third-order valence-corrected chi connectivity index (χ3v) is 7.00. The Balaban J connectivity index is 1.95. The number of aromatic nitrogens is 2. The van der Waals surface area contributed by atoms with Crippen molar-refractivity contribution in [1.82, 2.24) is 9.55 Å². The van der Waals surface area contributed by atoms with Gasteiger partial charge in [-0.1, -0.05) is 30.8 Å². The molecule has 1 aromatic carbocycles. The number of thiophene rings is 1. The molecule has 1 aliphatic rings. The molecule has 0 unspecified atom stereocenters. The fraction of sp³-hybridized carbons (Fsp3) is 0.350. The smallest absolute Gasteiger partial charge is 0.316 e. The largest absolute Gasteiger partial charge is 0.468 e. The standard InChI is InChI=1S/C20H19FN2O3S2/c1-11-7-8-12-15(9-11)28-18-17(12)19(25)23(14-6-4-3-5-13(14)21)20(22-18)27-10-16(24)26-2/h3-6,11H,7-10H2,1-2H3/t11-/m1/s1. The molecule has 28 heavy (non-hydrogen) atoms. The first kappa shape index (κ1) is 19.1. The van der Waals surface area contributed by atoms with Crippen LogP contribution in [0.15, 0.2) is 34.2 Å². The van der Waals surface area contributed by atoms with Gasteiger partial charge in [0.15, 0.2) is 5.16 Å². The quantitative estimate of drug-likeness (QED) is 0.364. The molecule has 1 aliphatic carbocycles. The molecule has 146 valence electrons. The van der Waals surface area contributed by atoms with Gasteiger partial charge >= 0.3 is 5.97 Å². The van der Waals surface area contributed by atoms with Crippen LogP contribution in [0.3, 0.4) is 0 Å². The molecule has 5 nitrogen and oxygen atoms in total. The maximum Gasteiger partial charge on any atom is 0.316 e. The van der Waals surface area contributed by atoms with Gasteiger partial charge in [-0.2, -0.15) is 0 Å². The molecule has 0 fully saturated rings. The Morgan fingerprint density at radius 1 is 1.43 bits per heavy atom. The summed E-state index contributed by atoms with van der Waals surface area (Å²) in [6, 6.07) is 6.11. The second-order valence-corrected chi connectivity index (χ2v) is 8.91. The van der Waals surface area contributed by atoms with Crippen LogP contribution in [0.2, 0.25) is 0 Å². The molecule has 0 aliphatic heterocycles. The van der Waals surface area contributed by atoms with Crippen molar-refractivity contribution in [3.8, 4) is 5.69 Å². The fourth-order valence-electron chi connectivity index (χ4n) is 3.50. The number of hydrogen-bond acceptors (Lipinski definition) is 6. The van der Waals surface area contributed by atoms with Crippen molar-refractivity contribution in [3.05, 3.63) is 50.9 Å². The molecule has 0 amide bonds. The SMILES string of the molecule is COC(=O)CSc1nc2sc3c(c2c(=O)n1-c1ccccc1F)CC[C@@H](C)C3. The minimum Gasteiger partial charge on any atom is -0.468 e. The van der Waals surface area contributed by atoms with Gasteiger partial charge in [-0.25, -0.2) is 9.37 Å². The maximum absolute atomic E-state index is 14.5. The van der Waals surface area contributed by atoms with Crippen LogP contribution in [0.1, 0.15) is 23.8 Å². The van der Waals surface area contributed by atoms with Crippen molar-refractivity contribution in [3.63, 3.8) is 0 Å². The van der Waals surface area contributed by atoms with Crippen LogP contribution in [0.25, 0.3) is 15.9 Å². The molecular weight excluding hydrogens is 399 g/mol. The number of aryl methyl sites for hydroxylation is 1. The van der Waals surface area contributed by atoms with E-state index in [1.807, 2.05) is 0 Å². The lowest BCUT2D eigenvalue weighted by molar-refractivity contribution is -0.137. The van der Waals surface area contributed by atoms with Crippen LogP contribution in [-0.2, 0) is 22.4 Å². The first-order valence-electron chi connectivity index (χ1n) is 9.01. The Kier molecular flexibility index (Phi) is 5.25. The number of thioether (sulfide) groups is 1. The van der Waals surface area contributed by atoms with E-state index in [0.717, 1.165) is 36.6 Å². The Labute approximate surface area is 169 Å². The summed E-state index contributed by atoms with van der Waals surface area (Å²) in [7, 11) is 1.30. The molecule has 0 radical (unpaired) electrons. The van der Waals surface area contributed by atoms with Gasteiger partial charge in [-0.15, -0.1) is 11.3 Å². The Bertz CT molecular complexity index is 1120. The van der Waals surface area contributed by atoms with E-state index in [2.05, 4.69) is 11.9 Å². The minimum atomic E-state index is -0.511. The van der Waals surface area contributed by atoms with E-state index in [-0.39, 0.29) is 17.0 Å². The highest BCUT2D eigenvalue weighted by atomic mass is 32.2. The van der Waals surface area contributed by atoms with E-state index in [1.165, 1.54) is 34.0 Å². The fourth-order valence-corrected chi connectivity index (χ4v) is 5.76. The average Bonchev–Trinajstić information content (AvgIpc) is 3.04. The molecule has 0 saturated heterocycles. The van der Waals surface area contributed by atoms with Crippen molar-refractivity contribution in [2.24, 2.45) is 5.92 Å². The number of methoxy groups -OCH3 is 1. The molecule has 4 rings (SSSR count). The Morgan fingerprint density at radius 2 is 2.21 bits per heavy atom. The molecule has 0 saturated carbocycles. The summed E-state index contributed by atoms with van der Waals surface area (Å²) in [5, 5.41) is 0.872. The van der Waals surface area contributed by atoms with Gasteiger partial charge in [-0.05, 0) is 42.9 Å².